The molecule has 6 rings (SSSR count). The third kappa shape index (κ3) is 4.83. The van der Waals surface area contributed by atoms with Crippen LogP contribution in [-0.2, 0) is 33.7 Å². The summed E-state index contributed by atoms with van der Waals surface area (Å²) in [6.45, 7) is 9.26. The number of nitrogens with zero attached hydrogens (tertiary/aromatic N) is 1. The van der Waals surface area contributed by atoms with Gasteiger partial charge in [0.05, 0.1) is 18.8 Å². The van der Waals surface area contributed by atoms with Gasteiger partial charge in [0.25, 0.3) is 0 Å². The molecule has 2 aromatic carbocycles. The first-order valence-corrected chi connectivity index (χ1v) is 16.0. The van der Waals surface area contributed by atoms with Crippen molar-refractivity contribution in [3.63, 3.8) is 0 Å². The number of fused-ring (bicyclic) bond motifs is 3. The second-order valence-corrected chi connectivity index (χ2v) is 12.7. The molecule has 0 saturated carbocycles. The number of aliphatic hydroxyl groups is 3. The lowest BCUT2D eigenvalue weighted by Gasteiger charge is -2.49. The maximum Gasteiger partial charge on any atom is 0.209 e. The van der Waals surface area contributed by atoms with Crippen LogP contribution in [0.25, 0.3) is 11.1 Å². The van der Waals surface area contributed by atoms with Gasteiger partial charge in [-0.3, -0.25) is 19.3 Å². The number of ether oxygens (including phenoxy) is 1. The molecule has 0 aromatic heterocycles. The van der Waals surface area contributed by atoms with Crippen LogP contribution in [0.2, 0.25) is 0 Å². The Bertz CT molecular complexity index is 1650. The molecule has 45 heavy (non-hydrogen) atoms. The Balaban J connectivity index is 1.47. The van der Waals surface area contributed by atoms with E-state index >= 15 is 0 Å². The fraction of sp³-hybridized carbons (Fsp3) is 0.472. The van der Waals surface area contributed by atoms with Crippen molar-refractivity contribution in [1.29, 1.82) is 0 Å². The zero-order chi connectivity index (χ0) is 32.2. The third-order valence-electron chi connectivity index (χ3n) is 10.4. The van der Waals surface area contributed by atoms with Crippen LogP contribution < -0.4 is 0 Å². The lowest BCUT2D eigenvalue weighted by Crippen LogP contribution is -2.59. The van der Waals surface area contributed by atoms with Gasteiger partial charge in [-0.15, -0.1) is 0 Å². The number of Topliss-reactive ketones (excluding diaryl/α,β-unsaturated/α-hetero) is 3. The number of allylic oxidation sites excluding steroid dienone is 2. The van der Waals surface area contributed by atoms with Gasteiger partial charge in [0, 0.05) is 43.5 Å². The Labute approximate surface area is 262 Å². The standard InChI is InChI=1S/C36H41NO8/c1-4-20-8-7-19(18-37-11-13-45-14-12-37)15-24(20)23-9-10-28(39)30-25(23)16-21-17-26-22(5-2)32(40)31(27(38)6-3)35(43)36(26,44)34(42)29(21)33(30)41/h7-10,15,21-22,26,39-40,42,44H,4-6,11-14,16-18H2,1-3H3/t21-,22-,26?,36-/m0/s1. The zero-order valence-electron chi connectivity index (χ0n) is 26.1. The molecule has 238 valence electrons. The number of benzene rings is 2. The highest BCUT2D eigenvalue weighted by Crippen LogP contribution is 2.55. The molecular formula is C36H41NO8. The number of hydrogen-bond acceptors (Lipinski definition) is 9. The van der Waals surface area contributed by atoms with Crippen LogP contribution >= 0.6 is 0 Å². The summed E-state index contributed by atoms with van der Waals surface area (Å²) in [5.74, 6) is -5.99. The molecule has 1 unspecified atom stereocenters. The van der Waals surface area contributed by atoms with Gasteiger partial charge < -0.3 is 25.2 Å². The first-order chi connectivity index (χ1) is 21.6. The van der Waals surface area contributed by atoms with Crippen LogP contribution in [0.3, 0.4) is 0 Å². The molecule has 1 saturated heterocycles. The molecule has 1 aliphatic heterocycles. The first-order valence-electron chi connectivity index (χ1n) is 16.0. The number of phenols is 1. The van der Waals surface area contributed by atoms with Crippen LogP contribution in [0, 0.1) is 17.8 Å². The van der Waals surface area contributed by atoms with E-state index in [0.717, 1.165) is 48.3 Å². The van der Waals surface area contributed by atoms with E-state index in [-0.39, 0.29) is 41.9 Å². The number of hydrogen-bond donors (Lipinski definition) is 4. The first kappa shape index (κ1) is 31.2. The Hall–Kier alpha value is -3.79. The average molecular weight is 616 g/mol. The van der Waals surface area contributed by atoms with E-state index in [2.05, 4.69) is 30.0 Å². The molecule has 9 heteroatoms. The lowest BCUT2D eigenvalue weighted by molar-refractivity contribution is -0.148. The largest absolute Gasteiger partial charge is 0.511 e. The van der Waals surface area contributed by atoms with Crippen molar-refractivity contribution in [2.75, 3.05) is 26.3 Å². The highest BCUT2D eigenvalue weighted by molar-refractivity contribution is 6.25. The minimum absolute atomic E-state index is 0.0477. The summed E-state index contributed by atoms with van der Waals surface area (Å²) in [7, 11) is 0. The fourth-order valence-corrected chi connectivity index (χ4v) is 8.02. The molecule has 0 spiro atoms. The van der Waals surface area contributed by atoms with Gasteiger partial charge in [0.15, 0.2) is 17.2 Å². The van der Waals surface area contributed by atoms with Gasteiger partial charge in [-0.2, -0.15) is 0 Å². The molecule has 4 N–H and O–H groups in total. The molecule has 3 aliphatic carbocycles. The second-order valence-electron chi connectivity index (χ2n) is 12.7. The minimum atomic E-state index is -2.53. The van der Waals surface area contributed by atoms with Crippen LogP contribution in [-0.4, -0.2) is 74.6 Å². The van der Waals surface area contributed by atoms with Crippen LogP contribution in [0.5, 0.6) is 5.75 Å². The van der Waals surface area contributed by atoms with Gasteiger partial charge in [0.1, 0.15) is 22.8 Å². The molecular weight excluding hydrogens is 574 g/mol. The second kappa shape index (κ2) is 11.9. The summed E-state index contributed by atoms with van der Waals surface area (Å²) in [6, 6.07) is 9.69. The number of aryl methyl sites for hydroxylation is 1. The van der Waals surface area contributed by atoms with Crippen LogP contribution in [0.1, 0.15) is 67.1 Å². The SMILES string of the molecule is CCC(=O)C1=C(O)[C@@H](CC)C2C[C@@H]3Cc4c(-c5cc(CN6CCOCC6)ccc5CC)ccc(O)c4C(=O)C3=C(O)[C@]2(O)C1=O. The van der Waals surface area contributed by atoms with E-state index in [1.54, 1.807) is 13.8 Å². The molecule has 0 amide bonds. The number of aromatic hydroxyl groups is 1. The van der Waals surface area contributed by atoms with E-state index in [1.165, 1.54) is 6.07 Å². The van der Waals surface area contributed by atoms with Crippen molar-refractivity contribution < 1.29 is 39.5 Å². The smallest absolute Gasteiger partial charge is 0.209 e. The Morgan fingerprint density at radius 2 is 1.76 bits per heavy atom. The molecule has 0 radical (unpaired) electrons. The van der Waals surface area contributed by atoms with Crippen molar-refractivity contribution in [3.05, 3.63) is 75.3 Å². The van der Waals surface area contributed by atoms with E-state index in [4.69, 9.17) is 4.74 Å². The number of carbonyl (C=O) groups excluding carboxylic acids is 3. The normalized spacial score (nSPS) is 26.9. The van der Waals surface area contributed by atoms with Crippen molar-refractivity contribution in [2.24, 2.45) is 17.8 Å². The summed E-state index contributed by atoms with van der Waals surface area (Å²) in [6.07, 6.45) is 1.41. The summed E-state index contributed by atoms with van der Waals surface area (Å²) in [5.41, 5.74) is 1.57. The topological polar surface area (TPSA) is 145 Å². The van der Waals surface area contributed by atoms with E-state index in [9.17, 15) is 34.8 Å². The number of phenolic OH excluding ortho intramolecular Hbond substituents is 1. The van der Waals surface area contributed by atoms with Gasteiger partial charge in [-0.1, -0.05) is 39.0 Å². The number of aliphatic hydroxyl groups excluding tert-OH is 2. The van der Waals surface area contributed by atoms with Gasteiger partial charge in [-0.05, 0) is 71.6 Å². The van der Waals surface area contributed by atoms with Crippen molar-refractivity contribution in [1.82, 2.24) is 4.90 Å². The molecule has 9 nitrogen and oxygen atoms in total. The van der Waals surface area contributed by atoms with Crippen molar-refractivity contribution >= 4 is 17.3 Å². The quantitative estimate of drug-likeness (QED) is 0.324. The fourth-order valence-electron chi connectivity index (χ4n) is 8.02. The molecule has 0 bridgehead atoms. The predicted octanol–water partition coefficient (Wildman–Crippen LogP) is 4.77. The van der Waals surface area contributed by atoms with E-state index in [0.29, 0.717) is 25.2 Å². The van der Waals surface area contributed by atoms with Crippen LogP contribution in [0.4, 0.5) is 0 Å². The molecule has 1 heterocycles. The molecule has 4 atom stereocenters. The van der Waals surface area contributed by atoms with E-state index in [1.807, 2.05) is 6.07 Å². The summed E-state index contributed by atoms with van der Waals surface area (Å²) >= 11 is 0. The molecule has 1 fully saturated rings. The minimum Gasteiger partial charge on any atom is -0.511 e. The Morgan fingerprint density at radius 1 is 1.02 bits per heavy atom. The molecule has 2 aromatic rings. The highest BCUT2D eigenvalue weighted by Gasteiger charge is 2.62. The summed E-state index contributed by atoms with van der Waals surface area (Å²) < 4.78 is 5.50. The predicted molar refractivity (Wildman–Crippen MR) is 167 cm³/mol. The van der Waals surface area contributed by atoms with Crippen LogP contribution in [0.15, 0.2) is 53.0 Å². The van der Waals surface area contributed by atoms with Gasteiger partial charge in [-0.25, -0.2) is 0 Å². The maximum absolute atomic E-state index is 14.2. The van der Waals surface area contributed by atoms with Crippen molar-refractivity contribution in [3.8, 4) is 16.9 Å². The Morgan fingerprint density at radius 3 is 2.42 bits per heavy atom. The summed E-state index contributed by atoms with van der Waals surface area (Å²) in [5, 5.41) is 45.7. The monoisotopic (exact) mass is 615 g/mol. The highest BCUT2D eigenvalue weighted by atomic mass is 16.5. The Kier molecular flexibility index (Phi) is 8.22. The molecule has 4 aliphatic rings. The summed E-state index contributed by atoms with van der Waals surface area (Å²) in [4.78, 5) is 43.0. The van der Waals surface area contributed by atoms with E-state index < -0.39 is 52.0 Å². The van der Waals surface area contributed by atoms with Gasteiger partial charge in [0.2, 0.25) is 5.78 Å². The van der Waals surface area contributed by atoms with Gasteiger partial charge >= 0.3 is 0 Å². The average Bonchev–Trinajstić information content (AvgIpc) is 3.03. The number of morpholine rings is 1. The number of rotatable bonds is 7. The number of carbonyl (C=O) groups is 3. The third-order valence-corrected chi connectivity index (χ3v) is 10.4. The lowest BCUT2D eigenvalue weighted by atomic mass is 9.56. The van der Waals surface area contributed by atoms with Crippen molar-refractivity contribution in [2.45, 2.75) is 65.0 Å². The number of ketones is 3. The maximum atomic E-state index is 14.2. The zero-order valence-corrected chi connectivity index (χ0v) is 26.1.